The van der Waals surface area contributed by atoms with Crippen molar-refractivity contribution in [3.63, 3.8) is 0 Å². The van der Waals surface area contributed by atoms with Crippen molar-refractivity contribution in [2.45, 2.75) is 32.4 Å². The van der Waals surface area contributed by atoms with E-state index in [9.17, 15) is 9.18 Å². The molecule has 0 spiro atoms. The van der Waals surface area contributed by atoms with E-state index in [1.165, 1.54) is 12.1 Å². The number of carbonyl (C=O) groups is 1. The van der Waals surface area contributed by atoms with E-state index in [4.69, 9.17) is 4.74 Å². The third kappa shape index (κ3) is 4.20. The summed E-state index contributed by atoms with van der Waals surface area (Å²) in [6.45, 7) is 4.31. The Balaban J connectivity index is 1.51. The van der Waals surface area contributed by atoms with Gasteiger partial charge in [0, 0.05) is 44.4 Å². The Labute approximate surface area is 141 Å². The van der Waals surface area contributed by atoms with Crippen molar-refractivity contribution in [1.29, 1.82) is 0 Å². The third-order valence-corrected chi connectivity index (χ3v) is 4.33. The van der Waals surface area contributed by atoms with E-state index in [1.807, 2.05) is 22.6 Å². The first-order valence-corrected chi connectivity index (χ1v) is 8.24. The molecule has 0 saturated carbocycles. The maximum absolute atomic E-state index is 13.0. The SMILES string of the molecule is Cc1ccnn1CCC(=O)N1CCO[C@@H](Cc2ccc(F)cc2)C1. The first-order valence-electron chi connectivity index (χ1n) is 8.24. The summed E-state index contributed by atoms with van der Waals surface area (Å²) in [5, 5.41) is 4.20. The van der Waals surface area contributed by atoms with Crippen LogP contribution < -0.4 is 0 Å². The van der Waals surface area contributed by atoms with Crippen molar-refractivity contribution in [2.75, 3.05) is 19.7 Å². The molecule has 1 atom stereocenters. The molecule has 2 heterocycles. The Morgan fingerprint density at radius 1 is 1.33 bits per heavy atom. The average molecular weight is 331 g/mol. The number of halogens is 1. The summed E-state index contributed by atoms with van der Waals surface area (Å²) in [6, 6.07) is 8.36. The molecule has 1 amide bonds. The predicted octanol–water partition coefficient (Wildman–Crippen LogP) is 2.19. The van der Waals surface area contributed by atoms with Crippen LogP contribution in [0.15, 0.2) is 36.5 Å². The van der Waals surface area contributed by atoms with Crippen LogP contribution in [0.1, 0.15) is 17.7 Å². The molecule has 1 aromatic carbocycles. The Bertz CT molecular complexity index is 684. The molecule has 1 fully saturated rings. The first kappa shape index (κ1) is 16.6. The zero-order valence-electron chi connectivity index (χ0n) is 13.8. The molecule has 2 aromatic rings. The van der Waals surface area contributed by atoms with E-state index < -0.39 is 0 Å². The number of aryl methyl sites for hydroxylation is 2. The van der Waals surface area contributed by atoms with Crippen LogP contribution in [-0.2, 0) is 22.5 Å². The van der Waals surface area contributed by atoms with E-state index in [-0.39, 0.29) is 17.8 Å². The minimum Gasteiger partial charge on any atom is -0.374 e. The van der Waals surface area contributed by atoms with Gasteiger partial charge in [0.2, 0.25) is 5.91 Å². The van der Waals surface area contributed by atoms with Gasteiger partial charge in [0.15, 0.2) is 0 Å². The number of hydrogen-bond donors (Lipinski definition) is 0. The highest BCUT2D eigenvalue weighted by Gasteiger charge is 2.24. The summed E-state index contributed by atoms with van der Waals surface area (Å²) in [5.41, 5.74) is 2.07. The number of nitrogens with zero attached hydrogens (tertiary/aromatic N) is 3. The monoisotopic (exact) mass is 331 g/mol. The van der Waals surface area contributed by atoms with Crippen LogP contribution >= 0.6 is 0 Å². The third-order valence-electron chi connectivity index (χ3n) is 4.33. The second kappa shape index (κ2) is 7.57. The molecule has 0 aliphatic carbocycles. The topological polar surface area (TPSA) is 47.4 Å². The molecule has 24 heavy (non-hydrogen) atoms. The molecule has 6 heteroatoms. The molecule has 1 saturated heterocycles. The zero-order valence-corrected chi connectivity index (χ0v) is 13.8. The Kier molecular flexibility index (Phi) is 5.25. The lowest BCUT2D eigenvalue weighted by atomic mass is 10.1. The number of morpholine rings is 1. The minimum absolute atomic E-state index is 0.0420. The molecule has 0 radical (unpaired) electrons. The van der Waals surface area contributed by atoms with Crippen molar-refractivity contribution in [3.05, 3.63) is 53.6 Å². The summed E-state index contributed by atoms with van der Waals surface area (Å²) >= 11 is 0. The van der Waals surface area contributed by atoms with Crippen molar-refractivity contribution in [3.8, 4) is 0 Å². The predicted molar refractivity (Wildman–Crippen MR) is 88.0 cm³/mol. The van der Waals surface area contributed by atoms with Gasteiger partial charge in [0.25, 0.3) is 0 Å². The van der Waals surface area contributed by atoms with Gasteiger partial charge in [-0.2, -0.15) is 5.10 Å². The Hall–Kier alpha value is -2.21. The Morgan fingerprint density at radius 2 is 2.12 bits per heavy atom. The molecule has 1 aromatic heterocycles. The fourth-order valence-electron chi connectivity index (χ4n) is 2.95. The van der Waals surface area contributed by atoms with Crippen LogP contribution in [0.3, 0.4) is 0 Å². The highest BCUT2D eigenvalue weighted by molar-refractivity contribution is 5.76. The van der Waals surface area contributed by atoms with Gasteiger partial charge in [-0.1, -0.05) is 12.1 Å². The van der Waals surface area contributed by atoms with Crippen LogP contribution in [0.4, 0.5) is 4.39 Å². The number of aromatic nitrogens is 2. The van der Waals surface area contributed by atoms with Gasteiger partial charge >= 0.3 is 0 Å². The van der Waals surface area contributed by atoms with Crippen molar-refractivity contribution >= 4 is 5.91 Å². The number of rotatable bonds is 5. The highest BCUT2D eigenvalue weighted by atomic mass is 19.1. The van der Waals surface area contributed by atoms with E-state index >= 15 is 0 Å². The van der Waals surface area contributed by atoms with Crippen molar-refractivity contribution in [1.82, 2.24) is 14.7 Å². The van der Waals surface area contributed by atoms with Crippen LogP contribution in [0, 0.1) is 12.7 Å². The quantitative estimate of drug-likeness (QED) is 0.844. The second-order valence-corrected chi connectivity index (χ2v) is 6.11. The fourth-order valence-corrected chi connectivity index (χ4v) is 2.95. The number of amides is 1. The molecule has 1 aliphatic heterocycles. The Morgan fingerprint density at radius 3 is 2.83 bits per heavy atom. The molecular weight excluding hydrogens is 309 g/mol. The molecule has 1 aliphatic rings. The van der Waals surface area contributed by atoms with Gasteiger partial charge in [-0.05, 0) is 30.7 Å². The molecule has 0 N–H and O–H groups in total. The normalized spacial score (nSPS) is 17.9. The number of benzene rings is 1. The zero-order chi connectivity index (χ0) is 16.9. The second-order valence-electron chi connectivity index (χ2n) is 6.11. The van der Waals surface area contributed by atoms with Crippen LogP contribution in [0.2, 0.25) is 0 Å². The van der Waals surface area contributed by atoms with Crippen molar-refractivity contribution < 1.29 is 13.9 Å². The summed E-state index contributed by atoms with van der Waals surface area (Å²) in [7, 11) is 0. The summed E-state index contributed by atoms with van der Waals surface area (Å²) < 4.78 is 20.6. The van der Waals surface area contributed by atoms with Gasteiger partial charge in [-0.15, -0.1) is 0 Å². The highest BCUT2D eigenvalue weighted by Crippen LogP contribution is 2.13. The lowest BCUT2D eigenvalue weighted by Gasteiger charge is -2.33. The van der Waals surface area contributed by atoms with Crippen LogP contribution in [0.5, 0.6) is 0 Å². The summed E-state index contributed by atoms with van der Waals surface area (Å²) in [4.78, 5) is 14.3. The van der Waals surface area contributed by atoms with Crippen LogP contribution in [0.25, 0.3) is 0 Å². The van der Waals surface area contributed by atoms with E-state index in [0.29, 0.717) is 39.1 Å². The molecule has 0 unspecified atom stereocenters. The van der Waals surface area contributed by atoms with Crippen molar-refractivity contribution in [2.24, 2.45) is 0 Å². The molecule has 128 valence electrons. The lowest BCUT2D eigenvalue weighted by molar-refractivity contribution is -0.139. The molecule has 0 bridgehead atoms. The smallest absolute Gasteiger partial charge is 0.224 e. The van der Waals surface area contributed by atoms with E-state index in [2.05, 4.69) is 5.10 Å². The van der Waals surface area contributed by atoms with E-state index in [0.717, 1.165) is 11.3 Å². The average Bonchev–Trinajstić information content (AvgIpc) is 3.00. The first-order chi connectivity index (χ1) is 11.6. The number of hydrogen-bond acceptors (Lipinski definition) is 3. The molecule has 5 nitrogen and oxygen atoms in total. The van der Waals surface area contributed by atoms with Gasteiger partial charge in [-0.3, -0.25) is 9.48 Å². The van der Waals surface area contributed by atoms with Crippen LogP contribution in [-0.4, -0.2) is 46.4 Å². The van der Waals surface area contributed by atoms with Gasteiger partial charge in [0.1, 0.15) is 5.82 Å². The fraction of sp³-hybridized carbons (Fsp3) is 0.444. The summed E-state index contributed by atoms with van der Waals surface area (Å²) in [6.07, 6.45) is 2.82. The number of carbonyl (C=O) groups excluding carboxylic acids is 1. The van der Waals surface area contributed by atoms with E-state index in [1.54, 1.807) is 18.3 Å². The molecule has 3 rings (SSSR count). The van der Waals surface area contributed by atoms with Gasteiger partial charge in [-0.25, -0.2) is 4.39 Å². The standard InChI is InChI=1S/C18H22FN3O2/c1-14-6-8-20-22(14)9-7-18(23)21-10-11-24-17(13-21)12-15-2-4-16(19)5-3-15/h2-6,8,17H,7,9-13H2,1H3/t17-/m0/s1. The largest absolute Gasteiger partial charge is 0.374 e. The minimum atomic E-state index is -0.242. The van der Waals surface area contributed by atoms with Gasteiger partial charge < -0.3 is 9.64 Å². The maximum Gasteiger partial charge on any atom is 0.224 e. The van der Waals surface area contributed by atoms with Gasteiger partial charge in [0.05, 0.1) is 12.7 Å². The summed E-state index contributed by atoms with van der Waals surface area (Å²) in [5.74, 6) is -0.119. The lowest BCUT2D eigenvalue weighted by Crippen LogP contribution is -2.46. The number of ether oxygens (including phenoxy) is 1. The maximum atomic E-state index is 13.0. The molecular formula is C18H22FN3O2.